The number of quaternary nitrogens is 1. The highest BCUT2D eigenvalue weighted by atomic mass is 79.9. The standard InChI is InChI=1S/C7H11N3.BrH/c1-10(2)4-3-7(5-8)6-9;/h7H,3-4H2,1-2H3;1H. The van der Waals surface area contributed by atoms with Gasteiger partial charge in [0, 0.05) is 6.42 Å². The zero-order chi connectivity index (χ0) is 7.98. The third kappa shape index (κ3) is 7.32. The van der Waals surface area contributed by atoms with E-state index in [4.69, 9.17) is 10.5 Å². The van der Waals surface area contributed by atoms with Gasteiger partial charge in [-0.1, -0.05) is 0 Å². The first kappa shape index (κ1) is 13.0. The summed E-state index contributed by atoms with van der Waals surface area (Å²) in [6.45, 7) is 0.881. The molecule has 11 heavy (non-hydrogen) atoms. The predicted molar refractivity (Wildman–Crippen MR) is 37.0 cm³/mol. The number of hydrogen-bond donors (Lipinski definition) is 1. The minimum absolute atomic E-state index is 0. The molecule has 1 N–H and O–H groups in total. The van der Waals surface area contributed by atoms with Crippen LogP contribution in [0.15, 0.2) is 0 Å². The molecule has 0 aliphatic rings. The smallest absolute Gasteiger partial charge is 0.138 e. The van der Waals surface area contributed by atoms with Crippen molar-refractivity contribution in [1.29, 1.82) is 10.5 Å². The molecule has 0 amide bonds. The van der Waals surface area contributed by atoms with Crippen LogP contribution in [0.2, 0.25) is 0 Å². The summed E-state index contributed by atoms with van der Waals surface area (Å²) >= 11 is 0. The molecule has 0 radical (unpaired) electrons. The van der Waals surface area contributed by atoms with Gasteiger partial charge in [-0.15, -0.1) is 0 Å². The SMILES string of the molecule is C[NH+](C)CCC(C#N)C#N.[Br-]. The highest BCUT2D eigenvalue weighted by Gasteiger charge is 2.06. The topological polar surface area (TPSA) is 52.0 Å². The van der Waals surface area contributed by atoms with E-state index in [2.05, 4.69) is 0 Å². The summed E-state index contributed by atoms with van der Waals surface area (Å²) in [6, 6.07) is 3.87. The van der Waals surface area contributed by atoms with Gasteiger partial charge in [-0.05, 0) is 0 Å². The van der Waals surface area contributed by atoms with Crippen LogP contribution in [0.3, 0.4) is 0 Å². The van der Waals surface area contributed by atoms with E-state index in [1.165, 1.54) is 4.90 Å². The van der Waals surface area contributed by atoms with Crippen molar-refractivity contribution in [3.63, 3.8) is 0 Å². The zero-order valence-corrected chi connectivity index (χ0v) is 8.35. The number of hydrogen-bond acceptors (Lipinski definition) is 2. The monoisotopic (exact) mass is 217 g/mol. The van der Waals surface area contributed by atoms with Crippen LogP contribution in [0.1, 0.15) is 6.42 Å². The van der Waals surface area contributed by atoms with Crippen molar-refractivity contribution < 1.29 is 21.9 Å². The van der Waals surface area contributed by atoms with E-state index in [0.29, 0.717) is 6.42 Å². The average molecular weight is 218 g/mol. The van der Waals surface area contributed by atoms with Crippen molar-refractivity contribution >= 4 is 0 Å². The maximum atomic E-state index is 8.36. The number of halogens is 1. The van der Waals surface area contributed by atoms with E-state index in [0.717, 1.165) is 6.54 Å². The highest BCUT2D eigenvalue weighted by Crippen LogP contribution is 1.94. The fourth-order valence-corrected chi connectivity index (χ4v) is 0.591. The molecule has 0 aromatic heterocycles. The number of nitrogens with zero attached hydrogens (tertiary/aromatic N) is 2. The Bertz CT molecular complexity index is 152. The van der Waals surface area contributed by atoms with Gasteiger partial charge < -0.3 is 21.9 Å². The van der Waals surface area contributed by atoms with Gasteiger partial charge in [0.15, 0.2) is 0 Å². The van der Waals surface area contributed by atoms with Gasteiger partial charge in [0.2, 0.25) is 0 Å². The van der Waals surface area contributed by atoms with E-state index in [1.807, 2.05) is 26.2 Å². The number of rotatable bonds is 3. The molecule has 0 fully saturated rings. The van der Waals surface area contributed by atoms with Gasteiger partial charge in [0.1, 0.15) is 5.92 Å². The first-order valence-corrected chi connectivity index (χ1v) is 3.29. The average Bonchev–Trinajstić information content (AvgIpc) is 1.90. The minimum Gasteiger partial charge on any atom is -1.00 e. The number of nitriles is 2. The molecule has 0 spiro atoms. The molecule has 0 aromatic carbocycles. The Morgan fingerprint density at radius 2 is 1.73 bits per heavy atom. The quantitative estimate of drug-likeness (QED) is 0.528. The largest absolute Gasteiger partial charge is 1.00 e. The number of nitrogens with one attached hydrogen (secondary N) is 1. The maximum Gasteiger partial charge on any atom is 0.138 e. The van der Waals surface area contributed by atoms with Gasteiger partial charge in [-0.3, -0.25) is 0 Å². The molecule has 0 unspecified atom stereocenters. The fourth-order valence-electron chi connectivity index (χ4n) is 0.591. The van der Waals surface area contributed by atoms with Crippen molar-refractivity contribution in [3.8, 4) is 12.1 Å². The Labute approximate surface area is 78.0 Å². The van der Waals surface area contributed by atoms with E-state index in [9.17, 15) is 0 Å². The summed E-state index contributed by atoms with van der Waals surface area (Å²) in [7, 11) is 4.01. The van der Waals surface area contributed by atoms with E-state index in [1.54, 1.807) is 0 Å². The Kier molecular flexibility index (Phi) is 8.92. The second-order valence-electron chi connectivity index (χ2n) is 2.56. The molecular formula is C7H12BrN3. The first-order chi connectivity index (χ1) is 4.70. The molecule has 0 aromatic rings. The van der Waals surface area contributed by atoms with Crippen LogP contribution >= 0.6 is 0 Å². The van der Waals surface area contributed by atoms with Crippen molar-refractivity contribution in [2.24, 2.45) is 5.92 Å². The molecule has 0 saturated carbocycles. The van der Waals surface area contributed by atoms with Gasteiger partial charge >= 0.3 is 0 Å². The Hall–Kier alpha value is -0.580. The second-order valence-corrected chi connectivity index (χ2v) is 2.56. The summed E-state index contributed by atoms with van der Waals surface area (Å²) in [5, 5.41) is 16.7. The van der Waals surface area contributed by atoms with Crippen LogP contribution < -0.4 is 21.9 Å². The van der Waals surface area contributed by atoms with Crippen LogP contribution in [0.5, 0.6) is 0 Å². The van der Waals surface area contributed by atoms with Crippen molar-refractivity contribution in [3.05, 3.63) is 0 Å². The molecule has 0 heterocycles. The summed E-state index contributed by atoms with van der Waals surface area (Å²) in [5.74, 6) is -0.421. The predicted octanol–water partition coefficient (Wildman–Crippen LogP) is -3.81. The third-order valence-electron chi connectivity index (χ3n) is 1.24. The normalized spacial score (nSPS) is 8.55. The van der Waals surface area contributed by atoms with Gasteiger partial charge in [0.25, 0.3) is 0 Å². The maximum absolute atomic E-state index is 8.36. The molecule has 0 bridgehead atoms. The lowest BCUT2D eigenvalue weighted by atomic mass is 10.1. The minimum atomic E-state index is -0.421. The molecule has 0 rings (SSSR count). The molecule has 0 aliphatic carbocycles. The highest BCUT2D eigenvalue weighted by molar-refractivity contribution is 4.98. The molecule has 62 valence electrons. The molecule has 3 nitrogen and oxygen atoms in total. The zero-order valence-electron chi connectivity index (χ0n) is 6.76. The fraction of sp³-hybridized carbons (Fsp3) is 0.714. The lowest BCUT2D eigenvalue weighted by Crippen LogP contribution is -3.05. The lowest BCUT2D eigenvalue weighted by Gasteiger charge is -2.05. The summed E-state index contributed by atoms with van der Waals surface area (Å²) in [5.41, 5.74) is 0. The van der Waals surface area contributed by atoms with Crippen LogP contribution in [0.4, 0.5) is 0 Å². The van der Waals surface area contributed by atoms with Crippen LogP contribution in [0.25, 0.3) is 0 Å². The summed E-state index contributed by atoms with van der Waals surface area (Å²) < 4.78 is 0. The molecule has 4 heteroatoms. The van der Waals surface area contributed by atoms with Gasteiger partial charge in [0.05, 0.1) is 32.8 Å². The molecular weight excluding hydrogens is 206 g/mol. The second kappa shape index (κ2) is 7.53. The van der Waals surface area contributed by atoms with Gasteiger partial charge in [-0.2, -0.15) is 10.5 Å². The van der Waals surface area contributed by atoms with Gasteiger partial charge in [-0.25, -0.2) is 0 Å². The Morgan fingerprint density at radius 1 is 1.27 bits per heavy atom. The first-order valence-electron chi connectivity index (χ1n) is 3.29. The van der Waals surface area contributed by atoms with E-state index >= 15 is 0 Å². The van der Waals surface area contributed by atoms with Crippen LogP contribution in [-0.2, 0) is 0 Å². The van der Waals surface area contributed by atoms with Crippen LogP contribution in [-0.4, -0.2) is 20.6 Å². The van der Waals surface area contributed by atoms with Crippen LogP contribution in [0, 0.1) is 28.6 Å². The Balaban J connectivity index is 0. The van der Waals surface area contributed by atoms with E-state index < -0.39 is 5.92 Å². The molecule has 0 atom stereocenters. The van der Waals surface area contributed by atoms with Crippen molar-refractivity contribution in [2.45, 2.75) is 6.42 Å². The Morgan fingerprint density at radius 3 is 2.00 bits per heavy atom. The molecule has 0 saturated heterocycles. The van der Waals surface area contributed by atoms with E-state index in [-0.39, 0.29) is 17.0 Å². The van der Waals surface area contributed by atoms with Crippen molar-refractivity contribution in [2.75, 3.05) is 20.6 Å². The summed E-state index contributed by atoms with van der Waals surface area (Å²) in [6.07, 6.45) is 0.676. The van der Waals surface area contributed by atoms with Crippen molar-refractivity contribution in [1.82, 2.24) is 0 Å². The third-order valence-corrected chi connectivity index (χ3v) is 1.24. The lowest BCUT2D eigenvalue weighted by molar-refractivity contribution is -0.858. The molecule has 0 aliphatic heterocycles. The summed E-state index contributed by atoms with van der Waals surface area (Å²) in [4.78, 5) is 1.27.